The zero-order valence-corrected chi connectivity index (χ0v) is 17.5. The summed E-state index contributed by atoms with van der Waals surface area (Å²) in [7, 11) is 0. The maximum Gasteiger partial charge on any atom is 0.236 e. The summed E-state index contributed by atoms with van der Waals surface area (Å²) >= 11 is 1.74. The Bertz CT molecular complexity index is 762. The van der Waals surface area contributed by atoms with Crippen LogP contribution in [0.25, 0.3) is 11.3 Å². The molecule has 0 bridgehead atoms. The van der Waals surface area contributed by atoms with E-state index in [4.69, 9.17) is 4.98 Å². The van der Waals surface area contributed by atoms with Gasteiger partial charge in [-0.2, -0.15) is 0 Å². The fourth-order valence-corrected chi connectivity index (χ4v) is 4.82. The average molecular weight is 399 g/mol. The molecular formula is C22H30N4OS. The summed E-state index contributed by atoms with van der Waals surface area (Å²) in [6, 6.07) is 10.4. The van der Waals surface area contributed by atoms with E-state index in [0.29, 0.717) is 12.5 Å². The molecule has 4 rings (SSSR count). The summed E-state index contributed by atoms with van der Waals surface area (Å²) < 4.78 is 0. The Morgan fingerprint density at radius 1 is 1.04 bits per heavy atom. The van der Waals surface area contributed by atoms with Crippen LogP contribution in [0.1, 0.15) is 24.8 Å². The van der Waals surface area contributed by atoms with Crippen LogP contribution in [0.4, 0.5) is 0 Å². The van der Waals surface area contributed by atoms with Crippen molar-refractivity contribution in [3.05, 3.63) is 40.7 Å². The molecule has 0 radical (unpaired) electrons. The highest BCUT2D eigenvalue weighted by molar-refractivity contribution is 7.09. The SMILES string of the molecule is CC1CCN(C(=O)CN2CCN(Cc3nc(-c4ccccc4)cs3)CC2)CC1. The van der Waals surface area contributed by atoms with E-state index in [-0.39, 0.29) is 0 Å². The van der Waals surface area contributed by atoms with Crippen LogP contribution in [-0.4, -0.2) is 71.4 Å². The standard InChI is InChI=1S/C22H30N4OS/c1-18-7-9-26(10-8-18)22(27)16-25-13-11-24(12-14-25)15-21-23-20(17-28-21)19-5-3-2-4-6-19/h2-6,17-18H,7-16H2,1H3. The number of rotatable bonds is 5. The molecule has 6 heteroatoms. The lowest BCUT2D eigenvalue weighted by Gasteiger charge is -2.36. The maximum absolute atomic E-state index is 12.5. The van der Waals surface area contributed by atoms with Crippen LogP contribution >= 0.6 is 11.3 Å². The normalized spacial score (nSPS) is 19.8. The first-order chi connectivity index (χ1) is 13.7. The highest BCUT2D eigenvalue weighted by Gasteiger charge is 2.24. The van der Waals surface area contributed by atoms with Gasteiger partial charge in [-0.05, 0) is 18.8 Å². The van der Waals surface area contributed by atoms with Crippen molar-refractivity contribution in [3.63, 3.8) is 0 Å². The van der Waals surface area contributed by atoms with Gasteiger partial charge in [-0.25, -0.2) is 4.98 Å². The maximum atomic E-state index is 12.5. The fraction of sp³-hybridized carbons (Fsp3) is 0.545. The van der Waals surface area contributed by atoms with Gasteiger partial charge in [0.05, 0.1) is 18.8 Å². The lowest BCUT2D eigenvalue weighted by molar-refractivity contribution is -0.134. The topological polar surface area (TPSA) is 39.7 Å². The lowest BCUT2D eigenvalue weighted by Crippen LogP contribution is -2.50. The Balaban J connectivity index is 1.22. The Kier molecular flexibility index (Phi) is 6.40. The smallest absolute Gasteiger partial charge is 0.236 e. The largest absolute Gasteiger partial charge is 0.342 e. The molecule has 0 spiro atoms. The number of hydrogen-bond donors (Lipinski definition) is 0. The van der Waals surface area contributed by atoms with E-state index in [1.165, 1.54) is 10.6 Å². The van der Waals surface area contributed by atoms with Gasteiger partial charge in [0.15, 0.2) is 0 Å². The van der Waals surface area contributed by atoms with Crippen LogP contribution in [0.3, 0.4) is 0 Å². The van der Waals surface area contributed by atoms with Crippen molar-refractivity contribution in [2.75, 3.05) is 45.8 Å². The van der Waals surface area contributed by atoms with Gasteiger partial charge in [0.2, 0.25) is 5.91 Å². The van der Waals surface area contributed by atoms with Gasteiger partial charge in [-0.1, -0.05) is 37.3 Å². The number of piperazine rings is 1. The Labute approximate surface area is 172 Å². The number of piperidine rings is 1. The number of benzene rings is 1. The number of amides is 1. The second-order valence-corrected chi connectivity index (χ2v) is 9.05. The third-order valence-electron chi connectivity index (χ3n) is 5.94. The van der Waals surface area contributed by atoms with Gasteiger partial charge in [0, 0.05) is 50.2 Å². The Hall–Kier alpha value is -1.76. The minimum Gasteiger partial charge on any atom is -0.342 e. The van der Waals surface area contributed by atoms with Crippen LogP contribution in [-0.2, 0) is 11.3 Å². The van der Waals surface area contributed by atoms with Crippen LogP contribution in [0.2, 0.25) is 0 Å². The number of carbonyl (C=O) groups excluding carboxylic acids is 1. The second-order valence-electron chi connectivity index (χ2n) is 8.11. The predicted molar refractivity (Wildman–Crippen MR) is 114 cm³/mol. The highest BCUT2D eigenvalue weighted by Crippen LogP contribution is 2.23. The molecule has 0 aliphatic carbocycles. The van der Waals surface area contributed by atoms with Crippen molar-refractivity contribution in [1.29, 1.82) is 0 Å². The zero-order valence-electron chi connectivity index (χ0n) is 16.7. The molecule has 2 saturated heterocycles. The molecule has 0 saturated carbocycles. The van der Waals surface area contributed by atoms with Crippen molar-refractivity contribution >= 4 is 17.2 Å². The Morgan fingerprint density at radius 2 is 1.71 bits per heavy atom. The van der Waals surface area contributed by atoms with Crippen molar-refractivity contribution < 1.29 is 4.79 Å². The van der Waals surface area contributed by atoms with Crippen molar-refractivity contribution in [2.45, 2.75) is 26.3 Å². The predicted octanol–water partition coefficient (Wildman–Crippen LogP) is 3.19. The highest BCUT2D eigenvalue weighted by atomic mass is 32.1. The van der Waals surface area contributed by atoms with Crippen molar-refractivity contribution in [3.8, 4) is 11.3 Å². The van der Waals surface area contributed by atoms with E-state index in [9.17, 15) is 4.79 Å². The molecule has 2 aliphatic rings. The number of nitrogens with zero attached hydrogens (tertiary/aromatic N) is 4. The summed E-state index contributed by atoms with van der Waals surface area (Å²) in [5, 5.41) is 3.32. The molecular weight excluding hydrogens is 368 g/mol. The number of hydrogen-bond acceptors (Lipinski definition) is 5. The molecule has 0 N–H and O–H groups in total. The summed E-state index contributed by atoms with van der Waals surface area (Å²) in [5.74, 6) is 1.08. The molecule has 1 aromatic heterocycles. The van der Waals surface area contributed by atoms with Gasteiger partial charge >= 0.3 is 0 Å². The molecule has 1 aromatic carbocycles. The molecule has 2 aromatic rings. The fourth-order valence-electron chi connectivity index (χ4n) is 3.97. The quantitative estimate of drug-likeness (QED) is 0.776. The molecule has 1 amide bonds. The van der Waals surface area contributed by atoms with Gasteiger partial charge < -0.3 is 4.90 Å². The molecule has 2 aliphatic heterocycles. The van der Waals surface area contributed by atoms with Gasteiger partial charge in [-0.3, -0.25) is 14.6 Å². The summed E-state index contributed by atoms with van der Waals surface area (Å²) in [6.45, 7) is 9.59. The third kappa shape index (κ3) is 4.99. The zero-order chi connectivity index (χ0) is 19.3. The molecule has 2 fully saturated rings. The van der Waals surface area contributed by atoms with Crippen molar-refractivity contribution in [1.82, 2.24) is 19.7 Å². The molecule has 150 valence electrons. The first-order valence-electron chi connectivity index (χ1n) is 10.4. The third-order valence-corrected chi connectivity index (χ3v) is 6.77. The summed E-state index contributed by atoms with van der Waals surface area (Å²) in [6.07, 6.45) is 2.30. The number of aromatic nitrogens is 1. The van der Waals surface area contributed by atoms with Crippen LogP contribution in [0, 0.1) is 5.92 Å². The van der Waals surface area contributed by atoms with Crippen molar-refractivity contribution in [2.24, 2.45) is 5.92 Å². The second kappa shape index (κ2) is 9.16. The summed E-state index contributed by atoms with van der Waals surface area (Å²) in [4.78, 5) is 24.2. The van der Waals surface area contributed by atoms with E-state index in [0.717, 1.165) is 70.3 Å². The van der Waals surface area contributed by atoms with Gasteiger partial charge in [0.1, 0.15) is 5.01 Å². The first-order valence-corrected chi connectivity index (χ1v) is 11.3. The first kappa shape index (κ1) is 19.6. The van der Waals surface area contributed by atoms with Crippen LogP contribution in [0.5, 0.6) is 0 Å². The van der Waals surface area contributed by atoms with Gasteiger partial charge in [-0.15, -0.1) is 11.3 Å². The van der Waals surface area contributed by atoms with E-state index in [2.05, 4.69) is 51.3 Å². The van der Waals surface area contributed by atoms with Gasteiger partial charge in [0.25, 0.3) is 0 Å². The van der Waals surface area contributed by atoms with E-state index in [1.807, 2.05) is 6.07 Å². The molecule has 0 atom stereocenters. The van der Waals surface area contributed by atoms with E-state index < -0.39 is 0 Å². The van der Waals surface area contributed by atoms with Crippen LogP contribution in [0.15, 0.2) is 35.7 Å². The molecule has 3 heterocycles. The number of carbonyl (C=O) groups is 1. The molecule has 28 heavy (non-hydrogen) atoms. The molecule has 5 nitrogen and oxygen atoms in total. The Morgan fingerprint density at radius 3 is 2.43 bits per heavy atom. The average Bonchev–Trinajstić information content (AvgIpc) is 3.19. The van der Waals surface area contributed by atoms with E-state index >= 15 is 0 Å². The monoisotopic (exact) mass is 398 g/mol. The minimum absolute atomic E-state index is 0.313. The molecule has 0 unspecified atom stereocenters. The van der Waals surface area contributed by atoms with Crippen LogP contribution < -0.4 is 0 Å². The lowest BCUT2D eigenvalue weighted by atomic mass is 9.99. The van der Waals surface area contributed by atoms with E-state index in [1.54, 1.807) is 11.3 Å². The summed E-state index contributed by atoms with van der Waals surface area (Å²) in [5.41, 5.74) is 2.25. The number of likely N-dealkylation sites (tertiary alicyclic amines) is 1. The number of thiazole rings is 1. The minimum atomic E-state index is 0.313.